The molecule has 0 atom stereocenters. The summed E-state index contributed by atoms with van der Waals surface area (Å²) in [4.78, 5) is 0. The highest BCUT2D eigenvalue weighted by Gasteiger charge is 2.22. The predicted molar refractivity (Wildman–Crippen MR) is 129 cm³/mol. The van der Waals surface area contributed by atoms with E-state index in [1.54, 1.807) is 7.11 Å². The van der Waals surface area contributed by atoms with Gasteiger partial charge in [0.2, 0.25) is 0 Å². The van der Waals surface area contributed by atoms with Crippen molar-refractivity contribution in [2.75, 3.05) is 7.11 Å². The number of rotatable bonds is 5. The van der Waals surface area contributed by atoms with Gasteiger partial charge in [-0.25, -0.2) is 0 Å². The molecular formula is C26H41NO3. The largest absolute Gasteiger partial charge is 0.490 e. The Labute approximate surface area is 183 Å². The third-order valence-electron chi connectivity index (χ3n) is 5.84. The molecule has 168 valence electrons. The lowest BCUT2D eigenvalue weighted by molar-refractivity contribution is 0.0243. The van der Waals surface area contributed by atoms with Crippen LogP contribution in [0.1, 0.15) is 61.8 Å². The summed E-state index contributed by atoms with van der Waals surface area (Å²) in [5, 5.41) is 0. The van der Waals surface area contributed by atoms with Gasteiger partial charge in [-0.3, -0.25) is 0 Å². The molecular weight excluding hydrogens is 374 g/mol. The van der Waals surface area contributed by atoms with E-state index < -0.39 is 0 Å². The van der Waals surface area contributed by atoms with E-state index in [9.17, 15) is 0 Å². The van der Waals surface area contributed by atoms with E-state index in [0.29, 0.717) is 6.10 Å². The zero-order valence-electron chi connectivity index (χ0n) is 19.7. The molecule has 0 radical (unpaired) electrons. The van der Waals surface area contributed by atoms with E-state index in [2.05, 4.69) is 63.7 Å². The van der Waals surface area contributed by atoms with Crippen LogP contribution in [0.3, 0.4) is 0 Å². The Kier molecular flexibility index (Phi) is 12.3. The summed E-state index contributed by atoms with van der Waals surface area (Å²) in [6, 6.07) is 13.0. The minimum atomic E-state index is 0. The number of hydrogen-bond donors (Lipinski definition) is 1. The van der Waals surface area contributed by atoms with Crippen molar-refractivity contribution in [3.63, 3.8) is 0 Å². The molecule has 0 bridgehead atoms. The van der Waals surface area contributed by atoms with Crippen LogP contribution >= 0.6 is 0 Å². The van der Waals surface area contributed by atoms with Crippen LogP contribution in [0.5, 0.6) is 0 Å². The van der Waals surface area contributed by atoms with Crippen molar-refractivity contribution in [3.05, 3.63) is 65.2 Å². The van der Waals surface area contributed by atoms with E-state index >= 15 is 0 Å². The number of hydrogen-bond acceptors (Lipinski definition) is 3. The summed E-state index contributed by atoms with van der Waals surface area (Å²) >= 11 is 0. The van der Waals surface area contributed by atoms with Crippen molar-refractivity contribution in [2.24, 2.45) is 0 Å². The highest BCUT2D eigenvalue weighted by atomic mass is 16.5. The summed E-state index contributed by atoms with van der Waals surface area (Å²) in [5.41, 5.74) is 7.65. The summed E-state index contributed by atoms with van der Waals surface area (Å²) in [6.07, 6.45) is 4.87. The number of benzene rings is 2. The number of aryl methyl sites for hydroxylation is 1. The lowest BCUT2D eigenvalue weighted by atomic mass is 9.93. The quantitative estimate of drug-likeness (QED) is 0.559. The van der Waals surface area contributed by atoms with Crippen molar-refractivity contribution in [1.82, 2.24) is 6.15 Å². The average molecular weight is 416 g/mol. The van der Waals surface area contributed by atoms with E-state index in [-0.39, 0.29) is 17.7 Å². The van der Waals surface area contributed by atoms with Gasteiger partial charge in [0, 0.05) is 12.7 Å². The molecule has 4 heteroatoms. The molecule has 0 aromatic heterocycles. The van der Waals surface area contributed by atoms with Crippen LogP contribution in [0.4, 0.5) is 0 Å². The first-order valence-electron chi connectivity index (χ1n) is 10.6. The Hall–Kier alpha value is -2.14. The fourth-order valence-electron chi connectivity index (χ4n) is 3.76. The Morgan fingerprint density at radius 2 is 1.37 bits per heavy atom. The van der Waals surface area contributed by atoms with Crippen LogP contribution in [0, 0.1) is 20.8 Å². The summed E-state index contributed by atoms with van der Waals surface area (Å²) in [5.74, 6) is 0.772. The van der Waals surface area contributed by atoms with Gasteiger partial charge in [0.05, 0.1) is 12.2 Å². The molecule has 0 unspecified atom stereocenters. The first-order valence-corrected chi connectivity index (χ1v) is 10.6. The minimum absolute atomic E-state index is 0. The van der Waals surface area contributed by atoms with Gasteiger partial charge in [0.25, 0.3) is 0 Å². The van der Waals surface area contributed by atoms with Crippen LogP contribution in [-0.4, -0.2) is 24.8 Å². The van der Waals surface area contributed by atoms with Gasteiger partial charge in [-0.2, -0.15) is 0 Å². The molecule has 1 saturated carbocycles. The third-order valence-corrected chi connectivity index (χ3v) is 5.84. The van der Waals surface area contributed by atoms with Crippen LogP contribution in [0.25, 0.3) is 16.9 Å². The van der Waals surface area contributed by atoms with Gasteiger partial charge in [0.1, 0.15) is 5.76 Å². The first kappa shape index (κ1) is 27.9. The second-order valence-corrected chi connectivity index (χ2v) is 7.43. The molecule has 0 amide bonds. The standard InChI is InChI=1S/C24H30O2.C2H6.H3N.H2O/c1-16-6-15-24(18(3)17(16)2)21-9-7-20(8-10-21)19(4)26-23-13-11-22(25-5)12-14-23;1-2;;/h6-10,15,22-23H,4,11-14H2,1-3,5H3;1-2H3;1H3;1H2. The highest BCUT2D eigenvalue weighted by Crippen LogP contribution is 2.30. The second-order valence-electron chi connectivity index (χ2n) is 7.43. The summed E-state index contributed by atoms with van der Waals surface area (Å²) in [7, 11) is 1.80. The molecule has 30 heavy (non-hydrogen) atoms. The molecule has 0 aliphatic heterocycles. The molecule has 1 aliphatic carbocycles. The maximum absolute atomic E-state index is 6.12. The fourth-order valence-corrected chi connectivity index (χ4v) is 3.76. The fraction of sp³-hybridized carbons (Fsp3) is 0.462. The molecule has 1 fully saturated rings. The van der Waals surface area contributed by atoms with Crippen molar-refractivity contribution in [1.29, 1.82) is 0 Å². The number of ether oxygens (including phenoxy) is 2. The first-order chi connectivity index (χ1) is 13.5. The van der Waals surface area contributed by atoms with E-state index in [1.807, 2.05) is 13.8 Å². The molecule has 4 nitrogen and oxygen atoms in total. The van der Waals surface area contributed by atoms with Gasteiger partial charge < -0.3 is 21.1 Å². The molecule has 3 rings (SSSR count). The SMILES string of the molecule is C=C(OC1CCC(OC)CC1)c1ccc(-c2ccc(C)c(C)c2C)cc1.CC.N.O. The lowest BCUT2D eigenvalue weighted by Crippen LogP contribution is -2.25. The maximum Gasteiger partial charge on any atom is 0.119 e. The van der Waals surface area contributed by atoms with Gasteiger partial charge in [-0.15, -0.1) is 0 Å². The normalized spacial score (nSPS) is 17.5. The smallest absolute Gasteiger partial charge is 0.119 e. The van der Waals surface area contributed by atoms with Crippen LogP contribution in [0.15, 0.2) is 43.0 Å². The van der Waals surface area contributed by atoms with Crippen LogP contribution in [-0.2, 0) is 9.47 Å². The van der Waals surface area contributed by atoms with Gasteiger partial charge >= 0.3 is 0 Å². The Bertz CT molecular complexity index is 776. The maximum atomic E-state index is 6.12. The lowest BCUT2D eigenvalue weighted by Gasteiger charge is -2.28. The molecule has 2 aromatic carbocycles. The summed E-state index contributed by atoms with van der Waals surface area (Å²) < 4.78 is 11.6. The Morgan fingerprint density at radius 1 is 0.833 bits per heavy atom. The van der Waals surface area contributed by atoms with Crippen LogP contribution in [0.2, 0.25) is 0 Å². The Balaban J connectivity index is 0.00000204. The molecule has 5 N–H and O–H groups in total. The number of methoxy groups -OCH3 is 1. The van der Waals surface area contributed by atoms with E-state index in [0.717, 1.165) is 37.0 Å². The third kappa shape index (κ3) is 6.69. The van der Waals surface area contributed by atoms with E-state index in [4.69, 9.17) is 9.47 Å². The summed E-state index contributed by atoms with van der Waals surface area (Å²) in [6.45, 7) is 14.7. The molecule has 2 aromatic rings. The minimum Gasteiger partial charge on any atom is -0.490 e. The topological polar surface area (TPSA) is 85.0 Å². The zero-order chi connectivity index (χ0) is 20.7. The van der Waals surface area contributed by atoms with Gasteiger partial charge in [-0.05, 0) is 74.3 Å². The van der Waals surface area contributed by atoms with Crippen molar-refractivity contribution >= 4 is 5.76 Å². The Morgan fingerprint density at radius 3 is 1.90 bits per heavy atom. The molecule has 0 spiro atoms. The molecule has 1 aliphatic rings. The monoisotopic (exact) mass is 415 g/mol. The predicted octanol–water partition coefficient (Wildman–Crippen LogP) is 6.59. The molecule has 0 heterocycles. The van der Waals surface area contributed by atoms with Crippen molar-refractivity contribution in [3.8, 4) is 11.1 Å². The van der Waals surface area contributed by atoms with Gasteiger partial charge in [-0.1, -0.05) is 56.8 Å². The highest BCUT2D eigenvalue weighted by molar-refractivity contribution is 5.71. The van der Waals surface area contributed by atoms with Gasteiger partial charge in [0.15, 0.2) is 0 Å². The van der Waals surface area contributed by atoms with Crippen molar-refractivity contribution < 1.29 is 14.9 Å². The molecule has 0 saturated heterocycles. The average Bonchev–Trinajstić information content (AvgIpc) is 2.74. The van der Waals surface area contributed by atoms with E-state index in [1.165, 1.54) is 27.8 Å². The van der Waals surface area contributed by atoms with Crippen LogP contribution < -0.4 is 6.15 Å². The zero-order valence-corrected chi connectivity index (χ0v) is 19.7. The van der Waals surface area contributed by atoms with Crippen molar-refractivity contribution in [2.45, 2.75) is 72.5 Å². The second kappa shape index (κ2) is 13.2.